The first-order chi connectivity index (χ1) is 16.0. The van der Waals surface area contributed by atoms with Crippen LogP contribution in [0.15, 0.2) is 56.8 Å². The highest BCUT2D eigenvalue weighted by atomic mass is 35.5. The molecule has 2 aromatic carbocycles. The van der Waals surface area contributed by atoms with E-state index in [1.54, 1.807) is 22.8 Å². The van der Waals surface area contributed by atoms with Gasteiger partial charge in [0.1, 0.15) is 11.1 Å². The number of halogens is 1. The number of para-hydroxylation sites is 1. The first-order valence-electron chi connectivity index (χ1n) is 10.7. The van der Waals surface area contributed by atoms with Gasteiger partial charge in [-0.15, -0.1) is 0 Å². The quantitative estimate of drug-likeness (QED) is 0.306. The lowest BCUT2D eigenvalue weighted by atomic mass is 10.2. The van der Waals surface area contributed by atoms with Gasteiger partial charge >= 0.3 is 0 Å². The molecule has 7 nitrogen and oxygen atoms in total. The molecule has 1 atom stereocenters. The summed E-state index contributed by atoms with van der Waals surface area (Å²) < 4.78 is 13.2. The van der Waals surface area contributed by atoms with Gasteiger partial charge < -0.3 is 14.5 Å². The first kappa shape index (κ1) is 22.0. The average Bonchev–Trinajstić information content (AvgIpc) is 3.46. The van der Waals surface area contributed by atoms with Gasteiger partial charge in [0.05, 0.1) is 18.4 Å². The van der Waals surface area contributed by atoms with E-state index < -0.39 is 0 Å². The first-order valence-corrected chi connectivity index (χ1v) is 12.1. The highest BCUT2D eigenvalue weighted by molar-refractivity contribution is 7.99. The lowest BCUT2D eigenvalue weighted by Crippen LogP contribution is -2.29. The number of carbonyl (C=O) groups excluding carboxylic acids is 1. The summed E-state index contributed by atoms with van der Waals surface area (Å²) >= 11 is 7.37. The molecular weight excluding hydrogens is 462 g/mol. The van der Waals surface area contributed by atoms with Gasteiger partial charge in [-0.2, -0.15) is 0 Å². The fourth-order valence-electron chi connectivity index (χ4n) is 3.98. The summed E-state index contributed by atoms with van der Waals surface area (Å²) in [4.78, 5) is 30.8. The summed E-state index contributed by atoms with van der Waals surface area (Å²) in [6, 6.07) is 12.8. The molecule has 4 aromatic rings. The summed E-state index contributed by atoms with van der Waals surface area (Å²) in [5.41, 5.74) is 2.54. The van der Waals surface area contributed by atoms with Crippen molar-refractivity contribution in [3.63, 3.8) is 0 Å². The Morgan fingerprint density at radius 2 is 2.12 bits per heavy atom. The minimum atomic E-state index is -0.264. The number of nitrogens with one attached hydrogen (secondary N) is 1. The van der Waals surface area contributed by atoms with Crippen molar-refractivity contribution in [1.29, 1.82) is 0 Å². The van der Waals surface area contributed by atoms with Crippen molar-refractivity contribution in [2.45, 2.75) is 37.6 Å². The minimum absolute atomic E-state index is 0.0615. The van der Waals surface area contributed by atoms with Crippen molar-refractivity contribution in [3.05, 3.63) is 63.4 Å². The highest BCUT2D eigenvalue weighted by Crippen LogP contribution is 2.28. The summed E-state index contributed by atoms with van der Waals surface area (Å²) in [6.45, 7) is 2.91. The second-order valence-corrected chi connectivity index (χ2v) is 9.32. The number of aromatic nitrogens is 2. The zero-order chi connectivity index (χ0) is 22.9. The number of amides is 1. The van der Waals surface area contributed by atoms with Gasteiger partial charge in [-0.05, 0) is 49.6 Å². The van der Waals surface area contributed by atoms with Crippen LogP contribution in [-0.4, -0.2) is 33.9 Å². The van der Waals surface area contributed by atoms with Crippen LogP contribution < -0.4 is 10.9 Å². The van der Waals surface area contributed by atoms with E-state index in [1.807, 2.05) is 31.2 Å². The van der Waals surface area contributed by atoms with Crippen molar-refractivity contribution < 1.29 is 13.9 Å². The molecule has 5 rings (SSSR count). The van der Waals surface area contributed by atoms with Crippen molar-refractivity contribution in [2.75, 3.05) is 17.7 Å². The van der Waals surface area contributed by atoms with E-state index in [1.165, 1.54) is 11.8 Å². The summed E-state index contributed by atoms with van der Waals surface area (Å²) in [5, 5.41) is 4.71. The van der Waals surface area contributed by atoms with Gasteiger partial charge in [-0.1, -0.05) is 41.6 Å². The molecular formula is C24H22ClN3O4S. The molecule has 1 saturated heterocycles. The van der Waals surface area contributed by atoms with Crippen molar-refractivity contribution in [3.8, 4) is 0 Å². The molecule has 0 aliphatic carbocycles. The molecule has 9 heteroatoms. The Balaban J connectivity index is 1.47. The number of nitrogens with zero attached hydrogens (tertiary/aromatic N) is 2. The fraction of sp³-hybridized carbons (Fsp3) is 0.292. The number of ether oxygens (including phenoxy) is 1. The van der Waals surface area contributed by atoms with Gasteiger partial charge in [0.25, 0.3) is 5.56 Å². The van der Waals surface area contributed by atoms with Crippen LogP contribution in [0.4, 0.5) is 5.69 Å². The number of fused-ring (bicyclic) bond motifs is 3. The number of hydrogen-bond acceptors (Lipinski definition) is 6. The molecule has 3 heterocycles. The molecule has 1 aliphatic heterocycles. The van der Waals surface area contributed by atoms with E-state index in [2.05, 4.69) is 5.32 Å². The zero-order valence-corrected chi connectivity index (χ0v) is 19.5. The lowest BCUT2D eigenvalue weighted by Gasteiger charge is -2.15. The summed E-state index contributed by atoms with van der Waals surface area (Å²) in [5.74, 6) is -0.119. The highest BCUT2D eigenvalue weighted by Gasteiger charge is 2.23. The Labute approximate surface area is 199 Å². The number of carbonyl (C=O) groups is 1. The summed E-state index contributed by atoms with van der Waals surface area (Å²) in [6.07, 6.45) is 1.78. The topological polar surface area (TPSA) is 86.4 Å². The number of benzene rings is 2. The van der Waals surface area contributed by atoms with E-state index in [-0.39, 0.29) is 28.9 Å². The van der Waals surface area contributed by atoms with E-state index in [0.29, 0.717) is 40.1 Å². The number of anilines is 1. The van der Waals surface area contributed by atoms with Gasteiger partial charge in [-0.25, -0.2) is 4.98 Å². The predicted molar refractivity (Wildman–Crippen MR) is 130 cm³/mol. The predicted octanol–water partition coefficient (Wildman–Crippen LogP) is 5.01. The molecule has 1 N–H and O–H groups in total. The van der Waals surface area contributed by atoms with Crippen LogP contribution in [-0.2, 0) is 16.1 Å². The molecule has 0 radical (unpaired) electrons. The number of hydrogen-bond donors (Lipinski definition) is 1. The van der Waals surface area contributed by atoms with Crippen LogP contribution in [0, 0.1) is 6.92 Å². The van der Waals surface area contributed by atoms with Crippen LogP contribution in [0.5, 0.6) is 0 Å². The van der Waals surface area contributed by atoms with Crippen LogP contribution in [0.25, 0.3) is 22.1 Å². The Kier molecular flexibility index (Phi) is 6.14. The maximum Gasteiger partial charge on any atom is 0.297 e. The normalized spacial score (nSPS) is 16.0. The summed E-state index contributed by atoms with van der Waals surface area (Å²) in [7, 11) is 0. The van der Waals surface area contributed by atoms with E-state index >= 15 is 0 Å². The third kappa shape index (κ3) is 4.38. The lowest BCUT2D eigenvalue weighted by molar-refractivity contribution is -0.113. The fourth-order valence-corrected chi connectivity index (χ4v) is 4.95. The maximum absolute atomic E-state index is 13.4. The third-order valence-electron chi connectivity index (χ3n) is 5.73. The van der Waals surface area contributed by atoms with Gasteiger partial charge in [0.2, 0.25) is 11.5 Å². The van der Waals surface area contributed by atoms with Gasteiger partial charge in [-0.3, -0.25) is 14.2 Å². The standard InChI is InChI=1S/C24H22ClN3O4S/c1-14-17(25)8-4-9-18(14)26-20(29)13-33-24-27-21-16-7-2-3-10-19(16)32-22(21)23(30)28(24)12-15-6-5-11-31-15/h2-4,7-10,15H,5-6,11-13H2,1H3,(H,26,29)/t15-/m1/s1. The molecule has 1 amide bonds. The second kappa shape index (κ2) is 9.21. The zero-order valence-electron chi connectivity index (χ0n) is 18.0. The molecule has 0 unspecified atom stereocenters. The molecule has 2 aromatic heterocycles. The number of rotatable bonds is 6. The molecule has 0 saturated carbocycles. The van der Waals surface area contributed by atoms with Crippen LogP contribution in [0.3, 0.4) is 0 Å². The van der Waals surface area contributed by atoms with Crippen LogP contribution in [0.1, 0.15) is 18.4 Å². The van der Waals surface area contributed by atoms with Crippen LogP contribution >= 0.6 is 23.4 Å². The third-order valence-corrected chi connectivity index (χ3v) is 7.12. The largest absolute Gasteiger partial charge is 0.448 e. The van der Waals surface area contributed by atoms with Gasteiger partial charge in [0.15, 0.2) is 5.16 Å². The van der Waals surface area contributed by atoms with E-state index in [4.69, 9.17) is 25.7 Å². The number of thioether (sulfide) groups is 1. The Morgan fingerprint density at radius 3 is 2.94 bits per heavy atom. The Hall–Kier alpha value is -2.81. The monoisotopic (exact) mass is 483 g/mol. The smallest absolute Gasteiger partial charge is 0.297 e. The maximum atomic E-state index is 13.4. The molecule has 1 aliphatic rings. The van der Waals surface area contributed by atoms with Crippen molar-refractivity contribution in [1.82, 2.24) is 9.55 Å². The molecule has 1 fully saturated rings. The molecule has 170 valence electrons. The number of furan rings is 1. The molecule has 0 bridgehead atoms. The van der Waals surface area contributed by atoms with Crippen molar-refractivity contribution in [2.24, 2.45) is 0 Å². The van der Waals surface area contributed by atoms with E-state index in [0.717, 1.165) is 23.8 Å². The SMILES string of the molecule is Cc1c(Cl)cccc1NC(=O)CSc1nc2c(oc3ccccc32)c(=O)n1C[C@H]1CCCO1. The Bertz CT molecular complexity index is 1410. The molecule has 0 spiro atoms. The average molecular weight is 484 g/mol. The molecule has 33 heavy (non-hydrogen) atoms. The van der Waals surface area contributed by atoms with Crippen LogP contribution in [0.2, 0.25) is 5.02 Å². The van der Waals surface area contributed by atoms with E-state index in [9.17, 15) is 9.59 Å². The van der Waals surface area contributed by atoms with Gasteiger partial charge in [0, 0.05) is 22.7 Å². The van der Waals surface area contributed by atoms with Crippen molar-refractivity contribution >= 4 is 57.0 Å². The second-order valence-electron chi connectivity index (χ2n) is 7.97. The Morgan fingerprint density at radius 1 is 1.27 bits per heavy atom. The minimum Gasteiger partial charge on any atom is -0.448 e.